The molecule has 4 aromatic heterocycles. The predicted octanol–water partition coefficient (Wildman–Crippen LogP) is 2.37. The number of amides is 1. The van der Waals surface area contributed by atoms with Crippen molar-refractivity contribution in [2.24, 2.45) is 0 Å². The SMILES string of the molecule is O=C(Nc1cc(-n2ccnc2)ncn1)c1cc(-c2cccs2)[nH]n1. The molecule has 9 heteroatoms. The number of thiophene rings is 1. The Kier molecular flexibility index (Phi) is 3.60. The molecule has 0 radical (unpaired) electrons. The van der Waals surface area contributed by atoms with Gasteiger partial charge in [0.05, 0.1) is 10.6 Å². The van der Waals surface area contributed by atoms with E-state index in [1.54, 1.807) is 46.8 Å². The zero-order valence-electron chi connectivity index (χ0n) is 12.2. The van der Waals surface area contributed by atoms with Gasteiger partial charge in [0, 0.05) is 18.5 Å². The molecule has 0 atom stereocenters. The topological polar surface area (TPSA) is 101 Å². The van der Waals surface area contributed by atoms with Gasteiger partial charge >= 0.3 is 0 Å². The molecule has 0 bridgehead atoms. The van der Waals surface area contributed by atoms with E-state index in [9.17, 15) is 4.79 Å². The fourth-order valence-corrected chi connectivity index (χ4v) is 2.82. The van der Waals surface area contributed by atoms with E-state index in [0.29, 0.717) is 17.3 Å². The summed E-state index contributed by atoms with van der Waals surface area (Å²) in [7, 11) is 0. The quantitative estimate of drug-likeness (QED) is 0.595. The van der Waals surface area contributed by atoms with Gasteiger partial charge in [0.1, 0.15) is 24.3 Å². The van der Waals surface area contributed by atoms with Crippen LogP contribution in [0.5, 0.6) is 0 Å². The molecule has 0 saturated carbocycles. The number of rotatable bonds is 4. The molecule has 0 aliphatic carbocycles. The second-order valence-electron chi connectivity index (χ2n) is 4.83. The summed E-state index contributed by atoms with van der Waals surface area (Å²) in [5, 5.41) is 11.6. The number of aromatic nitrogens is 6. The van der Waals surface area contributed by atoms with Crippen molar-refractivity contribution in [1.29, 1.82) is 0 Å². The Morgan fingerprint density at radius 1 is 1.29 bits per heavy atom. The number of imidazole rings is 1. The number of nitrogens with one attached hydrogen (secondary N) is 2. The van der Waals surface area contributed by atoms with Gasteiger partial charge in [-0.2, -0.15) is 5.10 Å². The Morgan fingerprint density at radius 2 is 2.25 bits per heavy atom. The number of H-pyrrole nitrogens is 1. The van der Waals surface area contributed by atoms with Crippen molar-refractivity contribution in [2.45, 2.75) is 0 Å². The molecular formula is C15H11N7OS. The fraction of sp³-hybridized carbons (Fsp3) is 0. The highest BCUT2D eigenvalue weighted by atomic mass is 32.1. The third-order valence-corrected chi connectivity index (χ3v) is 4.16. The molecule has 4 aromatic rings. The van der Waals surface area contributed by atoms with Crippen LogP contribution >= 0.6 is 11.3 Å². The first-order valence-electron chi connectivity index (χ1n) is 7.00. The maximum absolute atomic E-state index is 12.3. The average molecular weight is 337 g/mol. The van der Waals surface area contributed by atoms with Crippen molar-refractivity contribution in [3.63, 3.8) is 0 Å². The molecule has 0 spiro atoms. The van der Waals surface area contributed by atoms with Crippen LogP contribution < -0.4 is 5.32 Å². The summed E-state index contributed by atoms with van der Waals surface area (Å²) in [4.78, 5) is 25.5. The van der Waals surface area contributed by atoms with Crippen LogP contribution in [-0.2, 0) is 0 Å². The van der Waals surface area contributed by atoms with Gasteiger partial charge in [-0.1, -0.05) is 6.07 Å². The fourth-order valence-electron chi connectivity index (χ4n) is 2.13. The summed E-state index contributed by atoms with van der Waals surface area (Å²) in [6.07, 6.45) is 6.41. The van der Waals surface area contributed by atoms with Crippen LogP contribution in [0, 0.1) is 0 Å². The number of hydrogen-bond donors (Lipinski definition) is 2. The molecule has 0 aliphatic heterocycles. The summed E-state index contributed by atoms with van der Waals surface area (Å²) in [5.41, 5.74) is 1.10. The number of aromatic amines is 1. The highest BCUT2D eigenvalue weighted by Gasteiger charge is 2.13. The molecular weight excluding hydrogens is 326 g/mol. The van der Waals surface area contributed by atoms with Crippen LogP contribution in [0.4, 0.5) is 5.82 Å². The van der Waals surface area contributed by atoms with E-state index in [-0.39, 0.29) is 5.91 Å². The highest BCUT2D eigenvalue weighted by Crippen LogP contribution is 2.23. The number of carbonyl (C=O) groups is 1. The smallest absolute Gasteiger partial charge is 0.277 e. The lowest BCUT2D eigenvalue weighted by atomic mass is 10.3. The Labute approximate surface area is 140 Å². The molecule has 118 valence electrons. The van der Waals surface area contributed by atoms with Crippen molar-refractivity contribution >= 4 is 23.1 Å². The predicted molar refractivity (Wildman–Crippen MR) is 89.0 cm³/mol. The first kappa shape index (κ1) is 14.3. The average Bonchev–Trinajstić information content (AvgIpc) is 3.36. The standard InChI is InChI=1S/C15H11N7OS/c23-15(11-6-10(20-21-11)12-2-1-5-24-12)19-13-7-14(18-8-17-13)22-4-3-16-9-22/h1-9H,(H,20,21)(H,17,18,19,23). The number of hydrogen-bond acceptors (Lipinski definition) is 6. The Hall–Kier alpha value is -3.33. The summed E-state index contributed by atoms with van der Waals surface area (Å²) >= 11 is 1.57. The summed E-state index contributed by atoms with van der Waals surface area (Å²) < 4.78 is 1.72. The maximum atomic E-state index is 12.3. The van der Waals surface area contributed by atoms with Gasteiger partial charge in [-0.15, -0.1) is 11.3 Å². The van der Waals surface area contributed by atoms with Crippen molar-refractivity contribution in [3.05, 3.63) is 60.4 Å². The zero-order chi connectivity index (χ0) is 16.4. The van der Waals surface area contributed by atoms with E-state index in [1.807, 2.05) is 17.5 Å². The van der Waals surface area contributed by atoms with Crippen LogP contribution in [0.15, 0.2) is 54.7 Å². The first-order valence-corrected chi connectivity index (χ1v) is 7.88. The van der Waals surface area contributed by atoms with Crippen molar-refractivity contribution in [2.75, 3.05) is 5.32 Å². The van der Waals surface area contributed by atoms with Gasteiger partial charge in [0.25, 0.3) is 5.91 Å². The third kappa shape index (κ3) is 2.79. The second-order valence-corrected chi connectivity index (χ2v) is 5.78. The van der Waals surface area contributed by atoms with E-state index in [0.717, 1.165) is 10.6 Å². The van der Waals surface area contributed by atoms with Crippen LogP contribution in [0.2, 0.25) is 0 Å². The molecule has 2 N–H and O–H groups in total. The van der Waals surface area contributed by atoms with Crippen molar-refractivity contribution < 1.29 is 4.79 Å². The van der Waals surface area contributed by atoms with Crippen LogP contribution in [0.25, 0.3) is 16.4 Å². The van der Waals surface area contributed by atoms with Crippen LogP contribution in [0.3, 0.4) is 0 Å². The molecule has 8 nitrogen and oxygen atoms in total. The van der Waals surface area contributed by atoms with Gasteiger partial charge in [-0.3, -0.25) is 14.5 Å². The molecule has 4 heterocycles. The molecule has 0 aromatic carbocycles. The molecule has 4 rings (SSSR count). The summed E-state index contributed by atoms with van der Waals surface area (Å²) in [6.45, 7) is 0. The molecule has 0 saturated heterocycles. The minimum atomic E-state index is -0.343. The van der Waals surface area contributed by atoms with E-state index < -0.39 is 0 Å². The largest absolute Gasteiger partial charge is 0.305 e. The Balaban J connectivity index is 1.53. The number of nitrogens with zero attached hydrogens (tertiary/aromatic N) is 5. The molecule has 0 fully saturated rings. The third-order valence-electron chi connectivity index (χ3n) is 3.26. The van der Waals surface area contributed by atoms with Crippen LogP contribution in [-0.4, -0.2) is 35.6 Å². The van der Waals surface area contributed by atoms with Gasteiger partial charge in [-0.05, 0) is 17.5 Å². The van der Waals surface area contributed by atoms with Gasteiger partial charge in [0.2, 0.25) is 0 Å². The normalized spacial score (nSPS) is 10.7. The van der Waals surface area contributed by atoms with E-state index >= 15 is 0 Å². The van der Waals surface area contributed by atoms with E-state index in [4.69, 9.17) is 0 Å². The lowest BCUT2D eigenvalue weighted by molar-refractivity contribution is 0.102. The summed E-state index contributed by atoms with van der Waals surface area (Å²) in [5.74, 6) is 0.655. The van der Waals surface area contributed by atoms with E-state index in [2.05, 4.69) is 30.5 Å². The number of anilines is 1. The van der Waals surface area contributed by atoms with Crippen LogP contribution in [0.1, 0.15) is 10.5 Å². The minimum Gasteiger partial charge on any atom is -0.305 e. The van der Waals surface area contributed by atoms with Gasteiger partial charge in [0.15, 0.2) is 5.69 Å². The number of carbonyl (C=O) groups excluding carboxylic acids is 1. The first-order chi connectivity index (χ1) is 11.8. The lowest BCUT2D eigenvalue weighted by Gasteiger charge is -2.04. The zero-order valence-corrected chi connectivity index (χ0v) is 13.1. The second kappa shape index (κ2) is 6.05. The Morgan fingerprint density at radius 3 is 3.04 bits per heavy atom. The van der Waals surface area contributed by atoms with Gasteiger partial charge < -0.3 is 5.32 Å². The van der Waals surface area contributed by atoms with E-state index in [1.165, 1.54) is 6.33 Å². The highest BCUT2D eigenvalue weighted by molar-refractivity contribution is 7.13. The molecule has 0 unspecified atom stereocenters. The molecule has 24 heavy (non-hydrogen) atoms. The monoisotopic (exact) mass is 337 g/mol. The maximum Gasteiger partial charge on any atom is 0.277 e. The minimum absolute atomic E-state index is 0.293. The van der Waals surface area contributed by atoms with Crippen molar-refractivity contribution in [3.8, 4) is 16.4 Å². The molecule has 1 amide bonds. The van der Waals surface area contributed by atoms with Crippen molar-refractivity contribution in [1.82, 2.24) is 29.7 Å². The Bertz CT molecular complexity index is 960. The molecule has 0 aliphatic rings. The lowest BCUT2D eigenvalue weighted by Crippen LogP contribution is -2.14. The summed E-state index contributed by atoms with van der Waals surface area (Å²) in [6, 6.07) is 7.27. The van der Waals surface area contributed by atoms with Gasteiger partial charge in [-0.25, -0.2) is 15.0 Å².